The summed E-state index contributed by atoms with van der Waals surface area (Å²) in [4.78, 5) is 60.6. The van der Waals surface area contributed by atoms with Crippen molar-refractivity contribution in [2.75, 3.05) is 44.8 Å². The molecule has 4 N–H and O–H groups in total. The van der Waals surface area contributed by atoms with Crippen molar-refractivity contribution in [3.05, 3.63) is 47.3 Å². The lowest BCUT2D eigenvalue weighted by Gasteiger charge is -2.34. The quantitative estimate of drug-likeness (QED) is 0.242. The molecule has 2 aliphatic rings. The molecular formula is C32H47FN8O6S. The lowest BCUT2D eigenvalue weighted by atomic mass is 9.83. The lowest BCUT2D eigenvalue weighted by Crippen LogP contribution is -2.54. The van der Waals surface area contributed by atoms with Crippen LogP contribution < -0.4 is 20.7 Å². The molecule has 0 bridgehead atoms. The SMILES string of the molecule is CCC(=O)N[C@H](Cc1ccc(NC(=O)[C@@H](NC(=O)c2cnc(CNS(C)(=O)=O)n2C)C2CCCCC2)c(F)c1)C(=O)N1CCN(C)CC1. The van der Waals surface area contributed by atoms with Gasteiger partial charge in [-0.15, -0.1) is 0 Å². The molecule has 1 saturated carbocycles. The molecule has 1 aliphatic heterocycles. The Bertz CT molecular complexity index is 1580. The van der Waals surface area contributed by atoms with E-state index in [1.807, 2.05) is 7.05 Å². The van der Waals surface area contributed by atoms with Crippen LogP contribution in [0.1, 0.15) is 67.3 Å². The van der Waals surface area contributed by atoms with Gasteiger partial charge in [-0.1, -0.05) is 32.3 Å². The molecule has 1 aromatic carbocycles. The number of rotatable bonds is 13. The normalized spacial score (nSPS) is 17.4. The Morgan fingerprint density at radius 1 is 1.02 bits per heavy atom. The van der Waals surface area contributed by atoms with Crippen molar-refractivity contribution in [1.29, 1.82) is 0 Å². The number of nitrogens with zero attached hydrogens (tertiary/aromatic N) is 4. The highest BCUT2D eigenvalue weighted by molar-refractivity contribution is 7.88. The van der Waals surface area contributed by atoms with Crippen LogP contribution in [0.3, 0.4) is 0 Å². The minimum atomic E-state index is -3.48. The van der Waals surface area contributed by atoms with Gasteiger partial charge in [0, 0.05) is 46.1 Å². The summed E-state index contributed by atoms with van der Waals surface area (Å²) >= 11 is 0. The first-order chi connectivity index (χ1) is 22.8. The summed E-state index contributed by atoms with van der Waals surface area (Å²) < 4.78 is 42.3. The molecule has 4 rings (SSSR count). The van der Waals surface area contributed by atoms with Gasteiger partial charge < -0.3 is 30.3 Å². The lowest BCUT2D eigenvalue weighted by molar-refractivity contribution is -0.137. The molecule has 14 nitrogen and oxygen atoms in total. The number of benzene rings is 1. The predicted octanol–water partition coefficient (Wildman–Crippen LogP) is 1.14. The molecule has 2 fully saturated rings. The Labute approximate surface area is 281 Å². The summed E-state index contributed by atoms with van der Waals surface area (Å²) in [6.07, 6.45) is 6.83. The van der Waals surface area contributed by atoms with Crippen molar-refractivity contribution in [2.24, 2.45) is 13.0 Å². The van der Waals surface area contributed by atoms with E-state index in [0.717, 1.165) is 38.6 Å². The molecule has 2 heterocycles. The van der Waals surface area contributed by atoms with E-state index < -0.39 is 39.7 Å². The van der Waals surface area contributed by atoms with Gasteiger partial charge in [0.25, 0.3) is 5.91 Å². The number of nitrogens with one attached hydrogen (secondary N) is 4. The predicted molar refractivity (Wildman–Crippen MR) is 178 cm³/mol. The number of sulfonamides is 1. The van der Waals surface area contributed by atoms with E-state index in [1.54, 1.807) is 24.9 Å². The van der Waals surface area contributed by atoms with Gasteiger partial charge in [0.1, 0.15) is 29.4 Å². The third-order valence-corrected chi connectivity index (χ3v) is 9.67. The van der Waals surface area contributed by atoms with E-state index in [0.29, 0.717) is 37.3 Å². The molecule has 2 aromatic rings. The Morgan fingerprint density at radius 2 is 1.71 bits per heavy atom. The number of amides is 4. The number of carbonyl (C=O) groups is 4. The summed E-state index contributed by atoms with van der Waals surface area (Å²) in [5.74, 6) is -2.21. The van der Waals surface area contributed by atoms with E-state index in [-0.39, 0.29) is 48.5 Å². The maximum Gasteiger partial charge on any atom is 0.270 e. The highest BCUT2D eigenvalue weighted by atomic mass is 32.2. The first-order valence-electron chi connectivity index (χ1n) is 16.4. The molecule has 0 spiro atoms. The molecule has 1 aliphatic carbocycles. The van der Waals surface area contributed by atoms with Crippen LogP contribution in [0.2, 0.25) is 0 Å². The van der Waals surface area contributed by atoms with Gasteiger partial charge >= 0.3 is 0 Å². The fourth-order valence-electron chi connectivity index (χ4n) is 6.08. The third-order valence-electron chi connectivity index (χ3n) is 9.00. The van der Waals surface area contributed by atoms with Gasteiger partial charge in [-0.05, 0) is 43.5 Å². The molecular weight excluding hydrogens is 643 g/mol. The third kappa shape index (κ3) is 10.1. The molecule has 1 aromatic heterocycles. The van der Waals surface area contributed by atoms with E-state index in [4.69, 9.17) is 0 Å². The van der Waals surface area contributed by atoms with Gasteiger partial charge in [-0.3, -0.25) is 19.2 Å². The second kappa shape index (κ2) is 16.5. The number of piperazine rings is 1. The molecule has 16 heteroatoms. The highest BCUT2D eigenvalue weighted by Crippen LogP contribution is 2.28. The number of hydrogen-bond donors (Lipinski definition) is 4. The van der Waals surface area contributed by atoms with Gasteiger partial charge in [0.05, 0.1) is 24.7 Å². The van der Waals surface area contributed by atoms with Crippen LogP contribution >= 0.6 is 0 Å². The molecule has 0 radical (unpaired) electrons. The Kier molecular flexibility index (Phi) is 12.7. The van der Waals surface area contributed by atoms with Gasteiger partial charge in [-0.25, -0.2) is 22.5 Å². The summed E-state index contributed by atoms with van der Waals surface area (Å²) in [7, 11) is 0.0773. The van der Waals surface area contributed by atoms with Crippen LogP contribution in [-0.2, 0) is 44.4 Å². The highest BCUT2D eigenvalue weighted by Gasteiger charge is 2.33. The average molecular weight is 691 g/mol. The Balaban J connectivity index is 1.47. The first-order valence-corrected chi connectivity index (χ1v) is 18.3. The molecule has 48 heavy (non-hydrogen) atoms. The number of anilines is 1. The zero-order valence-corrected chi connectivity index (χ0v) is 28.9. The summed E-state index contributed by atoms with van der Waals surface area (Å²) in [5.41, 5.74) is 0.539. The number of imidazole rings is 1. The second-order valence-corrected chi connectivity index (χ2v) is 14.5. The van der Waals surface area contributed by atoms with Crippen molar-refractivity contribution in [2.45, 2.75) is 70.5 Å². The Morgan fingerprint density at radius 3 is 2.33 bits per heavy atom. The maximum atomic E-state index is 15.5. The van der Waals surface area contributed by atoms with Crippen molar-refractivity contribution in [3.63, 3.8) is 0 Å². The zero-order chi connectivity index (χ0) is 35.0. The van der Waals surface area contributed by atoms with Crippen molar-refractivity contribution < 1.29 is 32.0 Å². The first kappa shape index (κ1) is 36.9. The molecule has 4 amide bonds. The van der Waals surface area contributed by atoms with Gasteiger partial charge in [0.2, 0.25) is 27.7 Å². The zero-order valence-electron chi connectivity index (χ0n) is 28.1. The van der Waals surface area contributed by atoms with Crippen LogP contribution in [0.5, 0.6) is 0 Å². The van der Waals surface area contributed by atoms with Crippen LogP contribution in [0.15, 0.2) is 24.4 Å². The smallest absolute Gasteiger partial charge is 0.270 e. The number of likely N-dealkylation sites (N-methyl/N-ethyl adjacent to an activating group) is 1. The Hall–Kier alpha value is -3.89. The monoisotopic (exact) mass is 690 g/mol. The van der Waals surface area contributed by atoms with E-state index >= 15 is 4.39 Å². The van der Waals surface area contributed by atoms with Gasteiger partial charge in [-0.2, -0.15) is 0 Å². The molecule has 1 saturated heterocycles. The second-order valence-electron chi connectivity index (χ2n) is 12.7. The van der Waals surface area contributed by atoms with Crippen LogP contribution in [0, 0.1) is 11.7 Å². The number of aromatic nitrogens is 2. The van der Waals surface area contributed by atoms with Crippen LogP contribution in [0.25, 0.3) is 0 Å². The average Bonchev–Trinajstić information content (AvgIpc) is 3.43. The largest absolute Gasteiger partial charge is 0.344 e. The van der Waals surface area contributed by atoms with Crippen molar-refractivity contribution >= 4 is 39.3 Å². The fourth-order valence-corrected chi connectivity index (χ4v) is 6.47. The van der Waals surface area contributed by atoms with E-state index in [1.165, 1.54) is 22.9 Å². The van der Waals surface area contributed by atoms with Crippen molar-refractivity contribution in [1.82, 2.24) is 34.7 Å². The molecule has 0 unspecified atom stereocenters. The summed E-state index contributed by atoms with van der Waals surface area (Å²) in [5, 5.41) is 8.24. The number of carbonyl (C=O) groups excluding carboxylic acids is 4. The summed E-state index contributed by atoms with van der Waals surface area (Å²) in [6.45, 7) is 4.09. The number of halogens is 1. The minimum Gasteiger partial charge on any atom is -0.344 e. The van der Waals surface area contributed by atoms with Crippen LogP contribution in [0.4, 0.5) is 10.1 Å². The fraction of sp³-hybridized carbons (Fsp3) is 0.594. The standard InChI is InChI=1S/C32H47FN8O6S/c1-5-28(42)36-25(32(45)41-15-13-39(2)14-16-41)18-21-11-12-24(23(33)17-21)37-31(44)29(22-9-7-6-8-10-22)38-30(43)26-19-34-27(40(26)3)20-35-48(4,46)47/h11-12,17,19,22,25,29,35H,5-10,13-16,18,20H2,1-4H3,(H,36,42)(H,37,44)(H,38,43)/t25-,29+/m1/s1. The number of hydrogen-bond acceptors (Lipinski definition) is 8. The van der Waals surface area contributed by atoms with Crippen LogP contribution in [-0.4, -0.2) is 103 Å². The summed E-state index contributed by atoms with van der Waals surface area (Å²) in [6, 6.07) is 2.45. The molecule has 2 atom stereocenters. The van der Waals surface area contributed by atoms with E-state index in [9.17, 15) is 27.6 Å². The minimum absolute atomic E-state index is 0.0759. The maximum absolute atomic E-state index is 15.5. The topological polar surface area (TPSA) is 175 Å². The van der Waals surface area contributed by atoms with Gasteiger partial charge in [0.15, 0.2) is 0 Å². The van der Waals surface area contributed by atoms with E-state index in [2.05, 4.69) is 30.6 Å². The van der Waals surface area contributed by atoms with Crippen molar-refractivity contribution in [3.8, 4) is 0 Å². The molecule has 264 valence electrons.